The van der Waals surface area contributed by atoms with Crippen LogP contribution >= 0.6 is 0 Å². The Bertz CT molecular complexity index is 224. The first-order valence-electron chi connectivity index (χ1n) is 4.91. The van der Waals surface area contributed by atoms with Gasteiger partial charge in [0.1, 0.15) is 5.71 Å². The number of hydrogen-bond acceptors (Lipinski definition) is 3. The first-order chi connectivity index (χ1) is 6.28. The molecule has 0 unspecified atom stereocenters. The molecule has 3 nitrogen and oxygen atoms in total. The van der Waals surface area contributed by atoms with Gasteiger partial charge in [-0.1, -0.05) is 34.6 Å². The van der Waals surface area contributed by atoms with Crippen molar-refractivity contribution >= 4 is 11.7 Å². The fourth-order valence-corrected chi connectivity index (χ4v) is 0.941. The zero-order chi connectivity index (χ0) is 11.4. The Balaban J connectivity index is 4.22. The number of nitrogens with zero attached hydrogens (tertiary/aromatic N) is 1. The first-order valence-corrected chi connectivity index (χ1v) is 4.91. The van der Waals surface area contributed by atoms with Crippen molar-refractivity contribution in [2.75, 3.05) is 13.7 Å². The van der Waals surface area contributed by atoms with Crippen molar-refractivity contribution in [2.24, 2.45) is 16.3 Å². The largest absolute Gasteiger partial charge is 0.461 e. The number of rotatable bonds is 3. The van der Waals surface area contributed by atoms with Gasteiger partial charge >= 0.3 is 5.97 Å². The molecular formula is C11H21NO2. The topological polar surface area (TPSA) is 38.7 Å². The average molecular weight is 199 g/mol. The Kier molecular flexibility index (Phi) is 4.81. The van der Waals surface area contributed by atoms with Gasteiger partial charge in [-0.05, 0) is 5.41 Å². The molecular weight excluding hydrogens is 178 g/mol. The third kappa shape index (κ3) is 5.00. The number of hydrogen-bond donors (Lipinski definition) is 0. The van der Waals surface area contributed by atoms with Gasteiger partial charge in [0, 0.05) is 13.0 Å². The molecule has 0 N–H and O–H groups in total. The molecule has 3 heteroatoms. The second-order valence-electron chi connectivity index (χ2n) is 4.90. The number of carbonyl (C=O) groups is 1. The summed E-state index contributed by atoms with van der Waals surface area (Å²) in [4.78, 5) is 15.4. The van der Waals surface area contributed by atoms with Crippen molar-refractivity contribution in [3.63, 3.8) is 0 Å². The van der Waals surface area contributed by atoms with Crippen LogP contribution in [0.1, 0.15) is 34.6 Å². The van der Waals surface area contributed by atoms with Crippen LogP contribution in [0.5, 0.6) is 0 Å². The van der Waals surface area contributed by atoms with Gasteiger partial charge in [-0.25, -0.2) is 4.79 Å². The molecule has 0 saturated heterocycles. The van der Waals surface area contributed by atoms with Crippen molar-refractivity contribution in [3.05, 3.63) is 0 Å². The van der Waals surface area contributed by atoms with E-state index in [2.05, 4.69) is 4.99 Å². The summed E-state index contributed by atoms with van der Waals surface area (Å²) in [6.45, 7) is 10.4. The SMILES string of the molecule is CN=C(C(=O)OCC(C)(C)C)C(C)C. The van der Waals surface area contributed by atoms with E-state index in [0.29, 0.717) is 12.3 Å². The van der Waals surface area contributed by atoms with Gasteiger partial charge in [0.15, 0.2) is 0 Å². The minimum absolute atomic E-state index is 0.00545. The van der Waals surface area contributed by atoms with Gasteiger partial charge in [-0.15, -0.1) is 0 Å². The summed E-state index contributed by atoms with van der Waals surface area (Å²) in [7, 11) is 1.62. The van der Waals surface area contributed by atoms with Gasteiger partial charge in [0.2, 0.25) is 0 Å². The van der Waals surface area contributed by atoms with Crippen LogP contribution in [-0.4, -0.2) is 25.3 Å². The van der Waals surface area contributed by atoms with E-state index < -0.39 is 0 Å². The maximum atomic E-state index is 11.5. The van der Waals surface area contributed by atoms with E-state index in [-0.39, 0.29) is 17.3 Å². The molecule has 14 heavy (non-hydrogen) atoms. The molecule has 0 heterocycles. The molecule has 0 aliphatic carbocycles. The van der Waals surface area contributed by atoms with Crippen LogP contribution in [-0.2, 0) is 9.53 Å². The molecule has 0 aromatic rings. The highest BCUT2D eigenvalue weighted by Gasteiger charge is 2.19. The molecule has 0 spiro atoms. The zero-order valence-electron chi connectivity index (χ0n) is 10.0. The monoisotopic (exact) mass is 199 g/mol. The third-order valence-corrected chi connectivity index (χ3v) is 1.63. The van der Waals surface area contributed by atoms with E-state index in [4.69, 9.17) is 4.74 Å². The predicted octanol–water partition coefficient (Wildman–Crippen LogP) is 2.30. The molecule has 0 aliphatic heterocycles. The Morgan fingerprint density at radius 2 is 1.86 bits per heavy atom. The van der Waals surface area contributed by atoms with Crippen LogP contribution in [0.4, 0.5) is 0 Å². The molecule has 0 atom stereocenters. The predicted molar refractivity (Wildman–Crippen MR) is 58.6 cm³/mol. The number of aliphatic imine (C=N–C) groups is 1. The molecule has 0 fully saturated rings. The second-order valence-corrected chi connectivity index (χ2v) is 4.90. The van der Waals surface area contributed by atoms with Gasteiger partial charge in [0.05, 0.1) is 6.61 Å². The summed E-state index contributed by atoms with van der Waals surface area (Å²) in [5, 5.41) is 0. The van der Waals surface area contributed by atoms with Crippen molar-refractivity contribution < 1.29 is 9.53 Å². The lowest BCUT2D eigenvalue weighted by molar-refractivity contribution is -0.138. The summed E-state index contributed by atoms with van der Waals surface area (Å²) in [6.07, 6.45) is 0. The van der Waals surface area contributed by atoms with Gasteiger partial charge in [-0.3, -0.25) is 4.99 Å². The van der Waals surface area contributed by atoms with Gasteiger partial charge in [0.25, 0.3) is 0 Å². The van der Waals surface area contributed by atoms with Crippen LogP contribution in [0.15, 0.2) is 4.99 Å². The van der Waals surface area contributed by atoms with Crippen LogP contribution in [0.2, 0.25) is 0 Å². The lowest BCUT2D eigenvalue weighted by Crippen LogP contribution is -2.26. The Labute approximate surface area is 86.6 Å². The lowest BCUT2D eigenvalue weighted by Gasteiger charge is -2.18. The molecule has 0 bridgehead atoms. The minimum atomic E-state index is -0.294. The molecule has 0 amide bonds. The highest BCUT2D eigenvalue weighted by molar-refractivity contribution is 6.37. The number of ether oxygens (including phenoxy) is 1. The van der Waals surface area contributed by atoms with Gasteiger partial charge < -0.3 is 4.74 Å². The summed E-state index contributed by atoms with van der Waals surface area (Å²) in [5.41, 5.74) is 0.514. The van der Waals surface area contributed by atoms with E-state index in [1.54, 1.807) is 7.05 Å². The Morgan fingerprint density at radius 1 is 1.36 bits per heavy atom. The van der Waals surface area contributed by atoms with Crippen molar-refractivity contribution in [1.82, 2.24) is 0 Å². The van der Waals surface area contributed by atoms with E-state index in [1.807, 2.05) is 34.6 Å². The molecule has 0 aromatic heterocycles. The maximum Gasteiger partial charge on any atom is 0.352 e. The summed E-state index contributed by atoms with van der Waals surface area (Å²) in [5.74, 6) is -0.176. The van der Waals surface area contributed by atoms with E-state index in [1.165, 1.54) is 0 Å². The van der Waals surface area contributed by atoms with Crippen LogP contribution in [0.3, 0.4) is 0 Å². The zero-order valence-corrected chi connectivity index (χ0v) is 10.0. The summed E-state index contributed by atoms with van der Waals surface area (Å²) in [6, 6.07) is 0. The highest BCUT2D eigenvalue weighted by atomic mass is 16.5. The van der Waals surface area contributed by atoms with Crippen LogP contribution < -0.4 is 0 Å². The Hall–Kier alpha value is -0.860. The molecule has 82 valence electrons. The second kappa shape index (κ2) is 5.13. The van der Waals surface area contributed by atoms with Gasteiger partial charge in [-0.2, -0.15) is 0 Å². The first kappa shape index (κ1) is 13.1. The maximum absolute atomic E-state index is 11.5. The average Bonchev–Trinajstić information content (AvgIpc) is 2.00. The Morgan fingerprint density at radius 3 is 2.14 bits per heavy atom. The fourth-order valence-electron chi connectivity index (χ4n) is 0.941. The minimum Gasteiger partial charge on any atom is -0.461 e. The number of carbonyl (C=O) groups excluding carboxylic acids is 1. The smallest absolute Gasteiger partial charge is 0.352 e. The standard InChI is InChI=1S/C11H21NO2/c1-8(2)9(12-6)10(13)14-7-11(3,4)5/h8H,7H2,1-6H3. The lowest BCUT2D eigenvalue weighted by atomic mass is 9.98. The van der Waals surface area contributed by atoms with Crippen molar-refractivity contribution in [2.45, 2.75) is 34.6 Å². The van der Waals surface area contributed by atoms with Crippen molar-refractivity contribution in [3.8, 4) is 0 Å². The fraction of sp³-hybridized carbons (Fsp3) is 0.818. The van der Waals surface area contributed by atoms with Crippen molar-refractivity contribution in [1.29, 1.82) is 0 Å². The van der Waals surface area contributed by atoms with E-state index in [0.717, 1.165) is 0 Å². The quantitative estimate of drug-likeness (QED) is 0.516. The normalized spacial score (nSPS) is 13.2. The van der Waals surface area contributed by atoms with Crippen LogP contribution in [0.25, 0.3) is 0 Å². The molecule has 0 aliphatic rings. The van der Waals surface area contributed by atoms with E-state index in [9.17, 15) is 4.79 Å². The van der Waals surface area contributed by atoms with E-state index >= 15 is 0 Å². The summed E-state index contributed by atoms with van der Waals surface area (Å²) < 4.78 is 5.15. The number of esters is 1. The molecule has 0 radical (unpaired) electrons. The van der Waals surface area contributed by atoms with Crippen LogP contribution in [0, 0.1) is 11.3 Å². The summed E-state index contributed by atoms with van der Waals surface area (Å²) >= 11 is 0. The molecule has 0 aromatic carbocycles. The molecule has 0 rings (SSSR count). The highest BCUT2D eigenvalue weighted by Crippen LogP contribution is 2.13. The third-order valence-electron chi connectivity index (χ3n) is 1.63. The molecule has 0 saturated carbocycles.